The molecule has 0 spiro atoms. The lowest BCUT2D eigenvalue weighted by atomic mass is 10.1. The van der Waals surface area contributed by atoms with Crippen molar-refractivity contribution in [2.24, 2.45) is 11.8 Å². The third-order valence-corrected chi connectivity index (χ3v) is 3.04. The van der Waals surface area contributed by atoms with Gasteiger partial charge in [-0.15, -0.1) is 0 Å². The molecule has 0 radical (unpaired) electrons. The Morgan fingerprint density at radius 1 is 1.32 bits per heavy atom. The molecule has 0 aliphatic heterocycles. The Morgan fingerprint density at radius 3 is 2.79 bits per heavy atom. The van der Waals surface area contributed by atoms with E-state index in [1.54, 1.807) is 0 Å². The van der Waals surface area contributed by atoms with Crippen molar-refractivity contribution in [3.05, 3.63) is 24.0 Å². The van der Waals surface area contributed by atoms with E-state index in [2.05, 4.69) is 38.0 Å². The van der Waals surface area contributed by atoms with Gasteiger partial charge < -0.3 is 10.1 Å². The zero-order valence-corrected chi connectivity index (χ0v) is 12.8. The number of hydrogen-bond acceptors (Lipinski definition) is 3. The molecule has 0 saturated heterocycles. The molecule has 0 bridgehead atoms. The Balaban J connectivity index is 2.48. The van der Waals surface area contributed by atoms with Crippen LogP contribution in [-0.2, 0) is 6.54 Å². The van der Waals surface area contributed by atoms with Crippen LogP contribution < -0.4 is 10.1 Å². The van der Waals surface area contributed by atoms with Crippen molar-refractivity contribution >= 4 is 0 Å². The molecule has 0 fully saturated rings. The van der Waals surface area contributed by atoms with Gasteiger partial charge in [0.15, 0.2) is 0 Å². The highest BCUT2D eigenvalue weighted by Gasteiger charge is 2.06. The minimum absolute atomic E-state index is 0.599. The minimum Gasteiger partial charge on any atom is -0.491 e. The van der Waals surface area contributed by atoms with Crippen molar-refractivity contribution in [3.63, 3.8) is 0 Å². The van der Waals surface area contributed by atoms with Gasteiger partial charge in [0.05, 0.1) is 12.8 Å². The molecule has 0 saturated carbocycles. The van der Waals surface area contributed by atoms with E-state index in [0.717, 1.165) is 25.4 Å². The van der Waals surface area contributed by atoms with Crippen molar-refractivity contribution in [1.29, 1.82) is 0 Å². The second-order valence-corrected chi connectivity index (χ2v) is 5.71. The predicted molar refractivity (Wildman–Crippen MR) is 80.3 cm³/mol. The Morgan fingerprint density at radius 2 is 2.11 bits per heavy atom. The van der Waals surface area contributed by atoms with Crippen LogP contribution in [0.25, 0.3) is 0 Å². The SMILES string of the molecule is CCCC(C)COc1cnccc1CNCC(C)C. The summed E-state index contributed by atoms with van der Waals surface area (Å²) in [5.74, 6) is 2.18. The van der Waals surface area contributed by atoms with E-state index in [0.29, 0.717) is 11.8 Å². The first-order chi connectivity index (χ1) is 9.13. The van der Waals surface area contributed by atoms with Gasteiger partial charge in [0.1, 0.15) is 5.75 Å². The van der Waals surface area contributed by atoms with Crippen molar-refractivity contribution in [2.45, 2.75) is 47.1 Å². The highest BCUT2D eigenvalue weighted by Crippen LogP contribution is 2.18. The second kappa shape index (κ2) is 8.92. The Hall–Kier alpha value is -1.09. The molecule has 1 N–H and O–H groups in total. The second-order valence-electron chi connectivity index (χ2n) is 5.71. The quantitative estimate of drug-likeness (QED) is 0.739. The van der Waals surface area contributed by atoms with E-state index < -0.39 is 0 Å². The van der Waals surface area contributed by atoms with Crippen LogP contribution in [-0.4, -0.2) is 18.1 Å². The smallest absolute Gasteiger partial charge is 0.142 e. The molecule has 3 nitrogen and oxygen atoms in total. The highest BCUT2D eigenvalue weighted by atomic mass is 16.5. The molecule has 1 heterocycles. The van der Waals surface area contributed by atoms with Gasteiger partial charge in [-0.1, -0.05) is 34.1 Å². The lowest BCUT2D eigenvalue weighted by Crippen LogP contribution is -2.20. The zero-order chi connectivity index (χ0) is 14.1. The highest BCUT2D eigenvalue weighted by molar-refractivity contribution is 5.29. The van der Waals surface area contributed by atoms with E-state index in [-0.39, 0.29) is 0 Å². The summed E-state index contributed by atoms with van der Waals surface area (Å²) >= 11 is 0. The molecular formula is C16H28N2O. The van der Waals surface area contributed by atoms with Gasteiger partial charge in [-0.05, 0) is 30.9 Å². The van der Waals surface area contributed by atoms with Gasteiger partial charge in [-0.3, -0.25) is 4.98 Å². The average molecular weight is 264 g/mol. The van der Waals surface area contributed by atoms with Gasteiger partial charge in [0.2, 0.25) is 0 Å². The van der Waals surface area contributed by atoms with Crippen LogP contribution in [0, 0.1) is 11.8 Å². The van der Waals surface area contributed by atoms with E-state index in [1.807, 2.05) is 18.5 Å². The fourth-order valence-corrected chi connectivity index (χ4v) is 1.99. The number of aromatic nitrogens is 1. The van der Waals surface area contributed by atoms with Crippen LogP contribution in [0.15, 0.2) is 18.5 Å². The average Bonchev–Trinajstić information content (AvgIpc) is 2.37. The molecule has 0 aliphatic rings. The lowest BCUT2D eigenvalue weighted by Gasteiger charge is -2.15. The Labute approximate surface area is 117 Å². The summed E-state index contributed by atoms with van der Waals surface area (Å²) in [6, 6.07) is 2.03. The lowest BCUT2D eigenvalue weighted by molar-refractivity contribution is 0.248. The fraction of sp³-hybridized carbons (Fsp3) is 0.688. The molecule has 1 atom stereocenters. The van der Waals surface area contributed by atoms with Crippen LogP contribution in [0.5, 0.6) is 5.75 Å². The molecule has 1 aromatic rings. The summed E-state index contributed by atoms with van der Waals surface area (Å²) in [6.07, 6.45) is 6.07. The van der Waals surface area contributed by atoms with Crippen LogP contribution >= 0.6 is 0 Å². The topological polar surface area (TPSA) is 34.1 Å². The van der Waals surface area contributed by atoms with Gasteiger partial charge >= 0.3 is 0 Å². The molecule has 0 aliphatic carbocycles. The van der Waals surface area contributed by atoms with E-state index in [1.165, 1.54) is 18.4 Å². The Bertz CT molecular complexity index is 352. The summed E-state index contributed by atoms with van der Waals surface area (Å²) in [6.45, 7) is 11.5. The first kappa shape index (κ1) is 16.0. The predicted octanol–water partition coefficient (Wildman–Crippen LogP) is 3.64. The normalized spacial score (nSPS) is 12.7. The molecule has 1 unspecified atom stereocenters. The first-order valence-corrected chi connectivity index (χ1v) is 7.39. The zero-order valence-electron chi connectivity index (χ0n) is 12.8. The van der Waals surface area contributed by atoms with E-state index >= 15 is 0 Å². The molecule has 0 aromatic carbocycles. The molecular weight excluding hydrogens is 236 g/mol. The van der Waals surface area contributed by atoms with E-state index in [9.17, 15) is 0 Å². The maximum atomic E-state index is 5.91. The van der Waals surface area contributed by atoms with E-state index in [4.69, 9.17) is 4.74 Å². The third-order valence-electron chi connectivity index (χ3n) is 3.04. The summed E-state index contributed by atoms with van der Waals surface area (Å²) in [7, 11) is 0. The monoisotopic (exact) mass is 264 g/mol. The van der Waals surface area contributed by atoms with Crippen LogP contribution in [0.3, 0.4) is 0 Å². The van der Waals surface area contributed by atoms with Crippen LogP contribution in [0.1, 0.15) is 46.1 Å². The molecule has 3 heteroatoms. The maximum Gasteiger partial charge on any atom is 0.142 e. The maximum absolute atomic E-state index is 5.91. The van der Waals surface area contributed by atoms with Gasteiger partial charge in [0, 0.05) is 18.3 Å². The Kier molecular flexibility index (Phi) is 7.49. The molecule has 108 valence electrons. The number of rotatable bonds is 9. The molecule has 0 amide bonds. The minimum atomic E-state index is 0.599. The molecule has 1 rings (SSSR count). The first-order valence-electron chi connectivity index (χ1n) is 7.39. The van der Waals surface area contributed by atoms with Crippen LogP contribution in [0.2, 0.25) is 0 Å². The van der Waals surface area contributed by atoms with Gasteiger partial charge in [-0.2, -0.15) is 0 Å². The summed E-state index contributed by atoms with van der Waals surface area (Å²) < 4.78 is 5.91. The van der Waals surface area contributed by atoms with Crippen molar-refractivity contribution in [1.82, 2.24) is 10.3 Å². The van der Waals surface area contributed by atoms with Crippen LogP contribution in [0.4, 0.5) is 0 Å². The number of ether oxygens (including phenoxy) is 1. The third kappa shape index (κ3) is 6.58. The van der Waals surface area contributed by atoms with Crippen molar-refractivity contribution in [2.75, 3.05) is 13.2 Å². The fourth-order valence-electron chi connectivity index (χ4n) is 1.99. The largest absolute Gasteiger partial charge is 0.491 e. The summed E-state index contributed by atoms with van der Waals surface area (Å²) in [5.41, 5.74) is 1.19. The standard InChI is InChI=1S/C16H28N2O/c1-5-6-14(4)12-19-16-11-17-8-7-15(16)10-18-9-13(2)3/h7-8,11,13-14,18H,5-6,9-10,12H2,1-4H3. The molecule has 1 aromatic heterocycles. The van der Waals surface area contributed by atoms with Crippen molar-refractivity contribution < 1.29 is 4.74 Å². The van der Waals surface area contributed by atoms with Crippen molar-refractivity contribution in [3.8, 4) is 5.75 Å². The number of nitrogens with zero attached hydrogens (tertiary/aromatic N) is 1. The summed E-state index contributed by atoms with van der Waals surface area (Å²) in [4.78, 5) is 4.16. The number of nitrogens with one attached hydrogen (secondary N) is 1. The number of pyridine rings is 1. The number of hydrogen-bond donors (Lipinski definition) is 1. The molecule has 19 heavy (non-hydrogen) atoms. The van der Waals surface area contributed by atoms with Gasteiger partial charge in [-0.25, -0.2) is 0 Å². The van der Waals surface area contributed by atoms with Gasteiger partial charge in [0.25, 0.3) is 0 Å². The summed E-state index contributed by atoms with van der Waals surface area (Å²) in [5, 5.41) is 3.45.